The van der Waals surface area contributed by atoms with Crippen LogP contribution in [-0.4, -0.2) is 34.9 Å². The van der Waals surface area contributed by atoms with E-state index in [2.05, 4.69) is 26.2 Å². The van der Waals surface area contributed by atoms with Crippen LogP contribution in [0.2, 0.25) is 0 Å². The largest absolute Gasteiger partial charge is 0.378 e. The third kappa shape index (κ3) is 3.43. The van der Waals surface area contributed by atoms with Crippen LogP contribution in [0.1, 0.15) is 22.0 Å². The Kier molecular flexibility index (Phi) is 4.96. The van der Waals surface area contributed by atoms with E-state index in [1.165, 1.54) is 0 Å². The molecule has 0 saturated carbocycles. The van der Waals surface area contributed by atoms with E-state index in [4.69, 9.17) is 0 Å². The second kappa shape index (κ2) is 7.56. The minimum Gasteiger partial charge on any atom is -0.378 e. The molecule has 1 unspecified atom stereocenters. The van der Waals surface area contributed by atoms with E-state index in [9.17, 15) is 4.79 Å². The number of rotatable bonds is 5. The molecule has 0 radical (unpaired) electrons. The van der Waals surface area contributed by atoms with Crippen molar-refractivity contribution >= 4 is 38.4 Å². The molecule has 0 N–H and O–H groups in total. The normalized spacial score (nSPS) is 12.1. The molecule has 0 amide bonds. The van der Waals surface area contributed by atoms with Crippen molar-refractivity contribution in [2.45, 2.75) is 6.04 Å². The Labute approximate surface area is 171 Å². The zero-order chi connectivity index (χ0) is 19.7. The highest BCUT2D eigenvalue weighted by molar-refractivity contribution is 9.10. The molecule has 140 valence electrons. The summed E-state index contributed by atoms with van der Waals surface area (Å²) in [6.07, 6.45) is 0. The van der Waals surface area contributed by atoms with Gasteiger partial charge >= 0.3 is 0 Å². The summed E-state index contributed by atoms with van der Waals surface area (Å²) in [5.74, 6) is -0.0247. The van der Waals surface area contributed by atoms with Gasteiger partial charge in [-0.1, -0.05) is 45.4 Å². The number of carbonyl (C=O) groups is 1. The molecule has 5 nitrogen and oxygen atoms in total. The Morgan fingerprint density at radius 2 is 1.64 bits per heavy atom. The average molecular weight is 435 g/mol. The SMILES string of the molecule is CN(C)c1ccc(C(=O)C(c2ccc(Br)cc2)n2nnc3ccccc32)cc1. The molecule has 4 rings (SSSR count). The highest BCUT2D eigenvalue weighted by atomic mass is 79.9. The number of para-hydroxylation sites is 1. The second-order valence-corrected chi connectivity index (χ2v) is 7.70. The lowest BCUT2D eigenvalue weighted by atomic mass is 9.97. The maximum absolute atomic E-state index is 13.5. The summed E-state index contributed by atoms with van der Waals surface area (Å²) >= 11 is 3.46. The molecule has 1 heterocycles. The summed E-state index contributed by atoms with van der Waals surface area (Å²) in [6.45, 7) is 0. The molecule has 6 heteroatoms. The molecule has 0 aliphatic carbocycles. The number of carbonyl (C=O) groups excluding carboxylic acids is 1. The fraction of sp³-hybridized carbons (Fsp3) is 0.136. The molecule has 1 atom stereocenters. The molecule has 1 aromatic heterocycles. The number of anilines is 1. The number of hydrogen-bond acceptors (Lipinski definition) is 4. The van der Waals surface area contributed by atoms with E-state index < -0.39 is 6.04 Å². The van der Waals surface area contributed by atoms with Crippen LogP contribution < -0.4 is 4.90 Å². The van der Waals surface area contributed by atoms with Gasteiger partial charge in [0.05, 0.1) is 5.52 Å². The van der Waals surface area contributed by atoms with Crippen molar-refractivity contribution in [2.75, 3.05) is 19.0 Å². The van der Waals surface area contributed by atoms with E-state index in [0.717, 1.165) is 26.8 Å². The van der Waals surface area contributed by atoms with Crippen LogP contribution in [-0.2, 0) is 0 Å². The predicted molar refractivity (Wildman–Crippen MR) is 115 cm³/mol. The Bertz CT molecular complexity index is 1120. The minimum atomic E-state index is -0.592. The van der Waals surface area contributed by atoms with Crippen molar-refractivity contribution in [1.29, 1.82) is 0 Å². The second-order valence-electron chi connectivity index (χ2n) is 6.78. The fourth-order valence-electron chi connectivity index (χ4n) is 3.21. The van der Waals surface area contributed by atoms with Gasteiger partial charge < -0.3 is 4.90 Å². The van der Waals surface area contributed by atoms with Gasteiger partial charge in [0, 0.05) is 29.8 Å². The van der Waals surface area contributed by atoms with E-state index in [1.54, 1.807) is 4.68 Å². The van der Waals surface area contributed by atoms with Gasteiger partial charge in [0.2, 0.25) is 0 Å². The molecular formula is C22H19BrN4O. The summed E-state index contributed by atoms with van der Waals surface area (Å²) in [5, 5.41) is 8.55. The predicted octanol–water partition coefficient (Wildman–Crippen LogP) is 4.73. The molecule has 3 aromatic carbocycles. The number of aromatic nitrogens is 3. The highest BCUT2D eigenvalue weighted by Crippen LogP contribution is 2.28. The lowest BCUT2D eigenvalue weighted by Gasteiger charge is -2.18. The van der Waals surface area contributed by atoms with E-state index in [-0.39, 0.29) is 5.78 Å². The maximum atomic E-state index is 13.5. The van der Waals surface area contributed by atoms with Gasteiger partial charge in [0.1, 0.15) is 11.6 Å². The number of halogens is 1. The number of fused-ring (bicyclic) bond motifs is 1. The zero-order valence-electron chi connectivity index (χ0n) is 15.6. The number of ketones is 1. The van der Waals surface area contributed by atoms with Crippen LogP contribution in [0.3, 0.4) is 0 Å². The number of hydrogen-bond donors (Lipinski definition) is 0. The quantitative estimate of drug-likeness (QED) is 0.426. The first-order valence-corrected chi connectivity index (χ1v) is 9.71. The molecule has 28 heavy (non-hydrogen) atoms. The standard InChI is InChI=1S/C22H19BrN4O/c1-26(2)18-13-9-16(10-14-18)22(28)21(15-7-11-17(23)12-8-15)27-20-6-4-3-5-19(20)24-25-27/h3-14,21H,1-2H3. The minimum absolute atomic E-state index is 0.0247. The molecule has 0 spiro atoms. The third-order valence-electron chi connectivity index (χ3n) is 4.72. The van der Waals surface area contributed by atoms with Crippen molar-refractivity contribution in [3.8, 4) is 0 Å². The summed E-state index contributed by atoms with van der Waals surface area (Å²) in [6, 6.07) is 22.5. The van der Waals surface area contributed by atoms with Crippen molar-refractivity contribution < 1.29 is 4.79 Å². The topological polar surface area (TPSA) is 51.0 Å². The number of nitrogens with zero attached hydrogens (tertiary/aromatic N) is 4. The zero-order valence-corrected chi connectivity index (χ0v) is 17.2. The lowest BCUT2D eigenvalue weighted by molar-refractivity contribution is 0.0941. The van der Waals surface area contributed by atoms with Crippen LogP contribution in [0.25, 0.3) is 11.0 Å². The average Bonchev–Trinajstić information content (AvgIpc) is 3.13. The van der Waals surface area contributed by atoms with Gasteiger partial charge in [-0.3, -0.25) is 4.79 Å². The fourth-order valence-corrected chi connectivity index (χ4v) is 3.47. The van der Waals surface area contributed by atoms with Crippen molar-refractivity contribution in [1.82, 2.24) is 15.0 Å². The smallest absolute Gasteiger partial charge is 0.191 e. The molecule has 0 saturated heterocycles. The lowest BCUT2D eigenvalue weighted by Crippen LogP contribution is -2.22. The van der Waals surface area contributed by atoms with Crippen molar-refractivity contribution in [3.63, 3.8) is 0 Å². The van der Waals surface area contributed by atoms with Crippen molar-refractivity contribution in [2.24, 2.45) is 0 Å². The number of benzene rings is 3. The summed E-state index contributed by atoms with van der Waals surface area (Å²) < 4.78 is 2.67. The monoisotopic (exact) mass is 434 g/mol. The molecule has 0 aliphatic heterocycles. The van der Waals surface area contributed by atoms with E-state index >= 15 is 0 Å². The summed E-state index contributed by atoms with van der Waals surface area (Å²) in [7, 11) is 3.95. The first kappa shape index (κ1) is 18.4. The van der Waals surface area contributed by atoms with Crippen LogP contribution >= 0.6 is 15.9 Å². The Balaban J connectivity index is 1.83. The van der Waals surface area contributed by atoms with Crippen LogP contribution in [0, 0.1) is 0 Å². The Hall–Kier alpha value is -2.99. The first-order valence-electron chi connectivity index (χ1n) is 8.91. The van der Waals surface area contributed by atoms with Gasteiger partial charge in [0.25, 0.3) is 0 Å². The summed E-state index contributed by atoms with van der Waals surface area (Å²) in [4.78, 5) is 15.5. The highest BCUT2D eigenvalue weighted by Gasteiger charge is 2.26. The van der Waals surface area contributed by atoms with Gasteiger partial charge in [-0.25, -0.2) is 4.68 Å². The van der Waals surface area contributed by atoms with Crippen LogP contribution in [0.15, 0.2) is 77.3 Å². The Morgan fingerprint density at radius 1 is 0.964 bits per heavy atom. The molecule has 0 fully saturated rings. The molecule has 4 aromatic rings. The van der Waals surface area contributed by atoms with Gasteiger partial charge in [-0.2, -0.15) is 0 Å². The van der Waals surface area contributed by atoms with Crippen molar-refractivity contribution in [3.05, 3.63) is 88.4 Å². The van der Waals surface area contributed by atoms with Gasteiger partial charge in [0.15, 0.2) is 5.78 Å². The van der Waals surface area contributed by atoms with E-state index in [1.807, 2.05) is 91.8 Å². The number of Topliss-reactive ketones (excluding diaryl/α,β-unsaturated/α-hetero) is 1. The van der Waals surface area contributed by atoms with Crippen LogP contribution in [0.4, 0.5) is 5.69 Å². The van der Waals surface area contributed by atoms with Crippen LogP contribution in [0.5, 0.6) is 0 Å². The maximum Gasteiger partial charge on any atom is 0.191 e. The molecular weight excluding hydrogens is 416 g/mol. The Morgan fingerprint density at radius 3 is 2.32 bits per heavy atom. The first-order chi connectivity index (χ1) is 13.5. The molecule has 0 bridgehead atoms. The van der Waals surface area contributed by atoms with Gasteiger partial charge in [-0.05, 0) is 54.1 Å². The van der Waals surface area contributed by atoms with E-state index in [0.29, 0.717) is 5.56 Å². The summed E-state index contributed by atoms with van der Waals surface area (Å²) in [5.41, 5.74) is 4.13. The molecule has 0 aliphatic rings. The van der Waals surface area contributed by atoms with Gasteiger partial charge in [-0.15, -0.1) is 5.10 Å². The third-order valence-corrected chi connectivity index (χ3v) is 5.25.